The number of pyridine rings is 1. The smallest absolute Gasteiger partial charge is 0.251 e. The fourth-order valence-electron chi connectivity index (χ4n) is 0.836. The number of amides is 1. The van der Waals surface area contributed by atoms with Crippen molar-refractivity contribution < 1.29 is 9.90 Å². The van der Waals surface area contributed by atoms with E-state index in [9.17, 15) is 4.79 Å². The van der Waals surface area contributed by atoms with Crippen molar-refractivity contribution in [3.63, 3.8) is 0 Å². The van der Waals surface area contributed by atoms with Crippen LogP contribution in [-0.4, -0.2) is 28.4 Å². The Labute approximate surface area is 80.2 Å². The van der Waals surface area contributed by atoms with Crippen LogP contribution in [0.4, 0.5) is 0 Å². The van der Waals surface area contributed by atoms with Gasteiger partial charge in [-0.05, 0) is 12.1 Å². The highest BCUT2D eigenvalue weighted by Gasteiger charge is 2.07. The fraction of sp³-hybridized carbons (Fsp3) is 0.250. The number of rotatable bonds is 4. The fourth-order valence-corrected chi connectivity index (χ4v) is 1.58. The maximum atomic E-state index is 10.9. The topological polar surface area (TPSA) is 76.2 Å². The normalized spacial score (nSPS) is 9.92. The summed E-state index contributed by atoms with van der Waals surface area (Å²) in [6, 6.07) is 3.28. The van der Waals surface area contributed by atoms with Gasteiger partial charge in [0.05, 0.1) is 12.2 Å². The molecular weight excluding hydrogens is 188 g/mol. The molecule has 0 aliphatic heterocycles. The molecule has 0 aromatic carbocycles. The van der Waals surface area contributed by atoms with Crippen molar-refractivity contribution in [1.29, 1.82) is 0 Å². The zero-order valence-electron chi connectivity index (χ0n) is 6.93. The van der Waals surface area contributed by atoms with E-state index < -0.39 is 5.91 Å². The summed E-state index contributed by atoms with van der Waals surface area (Å²) in [5.74, 6) is 0.0191. The number of primary amides is 1. The van der Waals surface area contributed by atoms with Crippen molar-refractivity contribution in [2.24, 2.45) is 5.73 Å². The Morgan fingerprint density at radius 3 is 3.08 bits per heavy atom. The summed E-state index contributed by atoms with van der Waals surface area (Å²) in [7, 11) is 0. The van der Waals surface area contributed by atoms with Crippen LogP contribution in [0.3, 0.4) is 0 Å². The third kappa shape index (κ3) is 2.71. The maximum Gasteiger partial charge on any atom is 0.251 e. The van der Waals surface area contributed by atoms with Crippen molar-refractivity contribution in [1.82, 2.24) is 4.98 Å². The lowest BCUT2D eigenvalue weighted by Crippen LogP contribution is -2.12. The number of aliphatic hydroxyl groups excluding tert-OH is 1. The highest BCUT2D eigenvalue weighted by Crippen LogP contribution is 2.18. The van der Waals surface area contributed by atoms with Gasteiger partial charge in [-0.25, -0.2) is 4.98 Å². The van der Waals surface area contributed by atoms with Gasteiger partial charge in [-0.15, -0.1) is 11.8 Å². The molecule has 0 saturated carbocycles. The Kier molecular flexibility index (Phi) is 3.72. The Morgan fingerprint density at radius 2 is 2.46 bits per heavy atom. The van der Waals surface area contributed by atoms with E-state index in [4.69, 9.17) is 10.8 Å². The molecule has 0 aliphatic carbocycles. The first-order chi connectivity index (χ1) is 6.25. The van der Waals surface area contributed by atoms with E-state index in [0.717, 1.165) is 0 Å². The van der Waals surface area contributed by atoms with Crippen LogP contribution in [0.5, 0.6) is 0 Å². The second kappa shape index (κ2) is 4.84. The second-order valence-corrected chi connectivity index (χ2v) is 3.38. The van der Waals surface area contributed by atoms with E-state index in [1.54, 1.807) is 18.3 Å². The van der Waals surface area contributed by atoms with Gasteiger partial charge >= 0.3 is 0 Å². The minimum Gasteiger partial charge on any atom is -0.396 e. The first-order valence-electron chi connectivity index (χ1n) is 3.74. The minimum atomic E-state index is -0.492. The van der Waals surface area contributed by atoms with Gasteiger partial charge in [0.2, 0.25) is 0 Å². The number of thioether (sulfide) groups is 1. The van der Waals surface area contributed by atoms with Gasteiger partial charge < -0.3 is 10.8 Å². The van der Waals surface area contributed by atoms with Gasteiger partial charge in [0.1, 0.15) is 5.03 Å². The summed E-state index contributed by atoms with van der Waals surface area (Å²) in [6.07, 6.45) is 1.59. The Bertz CT molecular complexity index is 304. The molecule has 1 heterocycles. The molecule has 13 heavy (non-hydrogen) atoms. The van der Waals surface area contributed by atoms with Crippen LogP contribution in [0.15, 0.2) is 23.4 Å². The average molecular weight is 198 g/mol. The molecule has 0 fully saturated rings. The van der Waals surface area contributed by atoms with Crippen LogP contribution in [0.1, 0.15) is 10.4 Å². The predicted molar refractivity (Wildman–Crippen MR) is 50.6 cm³/mol. The summed E-state index contributed by atoms with van der Waals surface area (Å²) in [6.45, 7) is 0.0550. The van der Waals surface area contributed by atoms with Crippen LogP contribution in [0.25, 0.3) is 0 Å². The number of nitrogens with two attached hydrogens (primary N) is 1. The first-order valence-corrected chi connectivity index (χ1v) is 4.72. The quantitative estimate of drug-likeness (QED) is 0.681. The molecule has 5 heteroatoms. The standard InChI is InChI=1S/C8H10N2O2S/c9-7(12)6-2-1-3-10-8(6)13-5-4-11/h1-3,11H,4-5H2,(H2,9,12). The molecule has 0 spiro atoms. The maximum absolute atomic E-state index is 10.9. The van der Waals surface area contributed by atoms with E-state index in [-0.39, 0.29) is 6.61 Å². The third-order valence-electron chi connectivity index (χ3n) is 1.37. The summed E-state index contributed by atoms with van der Waals surface area (Å²) >= 11 is 1.31. The van der Waals surface area contributed by atoms with Gasteiger partial charge in [0.25, 0.3) is 5.91 Å². The lowest BCUT2D eigenvalue weighted by molar-refractivity contribution is 0.0997. The first kappa shape index (κ1) is 10.0. The van der Waals surface area contributed by atoms with Crippen molar-refractivity contribution in [3.05, 3.63) is 23.9 Å². The molecule has 0 radical (unpaired) electrons. The van der Waals surface area contributed by atoms with Gasteiger partial charge in [0.15, 0.2) is 0 Å². The molecule has 3 N–H and O–H groups in total. The lowest BCUT2D eigenvalue weighted by Gasteiger charge is -2.02. The molecule has 1 aromatic heterocycles. The van der Waals surface area contributed by atoms with E-state index in [2.05, 4.69) is 4.98 Å². The highest BCUT2D eigenvalue weighted by atomic mass is 32.2. The molecular formula is C8H10N2O2S. The van der Waals surface area contributed by atoms with Crippen LogP contribution in [0.2, 0.25) is 0 Å². The molecule has 1 rings (SSSR count). The lowest BCUT2D eigenvalue weighted by atomic mass is 10.3. The molecule has 0 unspecified atom stereocenters. The summed E-state index contributed by atoms with van der Waals surface area (Å²) < 4.78 is 0. The number of carbonyl (C=O) groups is 1. The molecule has 1 amide bonds. The minimum absolute atomic E-state index is 0.0550. The third-order valence-corrected chi connectivity index (χ3v) is 2.35. The summed E-state index contributed by atoms with van der Waals surface area (Å²) in [4.78, 5) is 14.9. The Morgan fingerprint density at radius 1 is 1.69 bits per heavy atom. The zero-order valence-corrected chi connectivity index (χ0v) is 7.75. The number of hydrogen-bond acceptors (Lipinski definition) is 4. The van der Waals surface area contributed by atoms with Gasteiger partial charge in [-0.3, -0.25) is 4.79 Å². The number of hydrogen-bond donors (Lipinski definition) is 2. The van der Waals surface area contributed by atoms with Crippen molar-refractivity contribution >= 4 is 17.7 Å². The van der Waals surface area contributed by atoms with Crippen LogP contribution < -0.4 is 5.73 Å². The molecule has 0 atom stereocenters. The average Bonchev–Trinajstić information content (AvgIpc) is 2.15. The molecule has 70 valence electrons. The van der Waals surface area contributed by atoms with Crippen molar-refractivity contribution in [2.45, 2.75) is 5.03 Å². The molecule has 4 nitrogen and oxygen atoms in total. The monoisotopic (exact) mass is 198 g/mol. The van der Waals surface area contributed by atoms with Gasteiger partial charge in [-0.2, -0.15) is 0 Å². The number of nitrogens with zero attached hydrogens (tertiary/aromatic N) is 1. The Hall–Kier alpha value is -1.07. The van der Waals surface area contributed by atoms with Gasteiger partial charge in [-0.1, -0.05) is 0 Å². The summed E-state index contributed by atoms with van der Waals surface area (Å²) in [5.41, 5.74) is 5.54. The largest absolute Gasteiger partial charge is 0.396 e. The number of aliphatic hydroxyl groups is 1. The molecule has 1 aromatic rings. The van der Waals surface area contributed by atoms with Crippen LogP contribution in [-0.2, 0) is 0 Å². The molecule has 0 saturated heterocycles. The molecule has 0 aliphatic rings. The number of carbonyl (C=O) groups excluding carboxylic acids is 1. The zero-order chi connectivity index (χ0) is 9.68. The second-order valence-electron chi connectivity index (χ2n) is 2.29. The van der Waals surface area contributed by atoms with Gasteiger partial charge in [0, 0.05) is 11.9 Å². The van der Waals surface area contributed by atoms with E-state index in [1.807, 2.05) is 0 Å². The van der Waals surface area contributed by atoms with Crippen molar-refractivity contribution in [3.8, 4) is 0 Å². The van der Waals surface area contributed by atoms with Crippen molar-refractivity contribution in [2.75, 3.05) is 12.4 Å². The Balaban J connectivity index is 2.84. The summed E-state index contributed by atoms with van der Waals surface area (Å²) in [5, 5.41) is 9.17. The van der Waals surface area contributed by atoms with E-state index >= 15 is 0 Å². The van der Waals surface area contributed by atoms with E-state index in [1.165, 1.54) is 11.8 Å². The number of aromatic nitrogens is 1. The van der Waals surface area contributed by atoms with Crippen LogP contribution >= 0.6 is 11.8 Å². The highest BCUT2D eigenvalue weighted by molar-refractivity contribution is 7.99. The SMILES string of the molecule is NC(=O)c1cccnc1SCCO. The molecule has 0 bridgehead atoms. The van der Waals surface area contributed by atoms with Crippen LogP contribution in [0, 0.1) is 0 Å². The van der Waals surface area contributed by atoms with E-state index in [0.29, 0.717) is 16.3 Å². The predicted octanol–water partition coefficient (Wildman–Crippen LogP) is 0.265.